The topological polar surface area (TPSA) is 16.4 Å². The molecule has 2 heteroatoms. The molecule has 1 heterocycles. The van der Waals surface area contributed by atoms with Crippen molar-refractivity contribution < 1.29 is 5.79 Å². The number of fused-ring (bicyclic) bond motifs is 5. The lowest BCUT2D eigenvalue weighted by Gasteiger charge is -2.26. The van der Waals surface area contributed by atoms with Gasteiger partial charge in [0, 0.05) is 33.4 Å². The standard InChI is InChI=1S/C50H33NO/c1-3-10-40-32-42(21-20-34(40)8-1)38-18-16-36(17-19-38)37-22-27-43(28-23-37)51(45-31-24-35-9-2-4-11-41(35)33-45)44-29-25-39(26-30-44)46-13-7-14-48-47-12-5-6-15-49(47)52-50(46)48/h1-33H/i20D. The summed E-state index contributed by atoms with van der Waals surface area (Å²) in [5, 5.41) is 6.74. The molecular weight excluding hydrogens is 631 g/mol. The van der Waals surface area contributed by atoms with E-state index in [9.17, 15) is 0 Å². The lowest BCUT2D eigenvalue weighted by atomic mass is 9.98. The molecule has 0 bridgehead atoms. The molecule has 0 aliphatic rings. The van der Waals surface area contributed by atoms with Crippen LogP contribution in [-0.2, 0) is 0 Å². The smallest absolute Gasteiger partial charge is 0.143 e. The highest BCUT2D eigenvalue weighted by Crippen LogP contribution is 2.40. The van der Waals surface area contributed by atoms with E-state index in [0.29, 0.717) is 6.04 Å². The van der Waals surface area contributed by atoms with Gasteiger partial charge in [-0.15, -0.1) is 0 Å². The van der Waals surface area contributed by atoms with Gasteiger partial charge in [-0.2, -0.15) is 0 Å². The summed E-state index contributed by atoms with van der Waals surface area (Å²) in [5.41, 5.74) is 11.7. The van der Waals surface area contributed by atoms with E-state index in [1.54, 1.807) is 0 Å². The Morgan fingerprint density at radius 2 is 0.904 bits per heavy atom. The van der Waals surface area contributed by atoms with Crippen molar-refractivity contribution in [2.75, 3.05) is 4.90 Å². The minimum atomic E-state index is 0.548. The number of anilines is 3. The van der Waals surface area contributed by atoms with Gasteiger partial charge in [-0.05, 0) is 97.9 Å². The van der Waals surface area contributed by atoms with Gasteiger partial charge in [0.05, 0.1) is 1.37 Å². The average molecular weight is 665 g/mol. The molecule has 0 amide bonds. The fraction of sp³-hybridized carbons (Fsp3) is 0. The van der Waals surface area contributed by atoms with Crippen LogP contribution in [0.2, 0.25) is 0 Å². The van der Waals surface area contributed by atoms with Gasteiger partial charge in [0.15, 0.2) is 0 Å². The maximum Gasteiger partial charge on any atom is 0.143 e. The molecule has 0 aliphatic carbocycles. The number of hydrogen-bond acceptors (Lipinski definition) is 2. The third-order valence-electron chi connectivity index (χ3n) is 10.2. The van der Waals surface area contributed by atoms with Gasteiger partial charge < -0.3 is 9.32 Å². The molecule has 0 unspecified atom stereocenters. The van der Waals surface area contributed by atoms with Crippen molar-refractivity contribution in [1.29, 1.82) is 0 Å². The molecule has 10 rings (SSSR count). The second-order valence-corrected chi connectivity index (χ2v) is 13.3. The lowest BCUT2D eigenvalue weighted by molar-refractivity contribution is 0.670. The molecule has 244 valence electrons. The third kappa shape index (κ3) is 5.30. The third-order valence-corrected chi connectivity index (χ3v) is 10.2. The van der Waals surface area contributed by atoms with Crippen LogP contribution in [0.15, 0.2) is 205 Å². The Kier molecular flexibility index (Phi) is 6.92. The summed E-state index contributed by atoms with van der Waals surface area (Å²) in [6.07, 6.45) is 0. The highest BCUT2D eigenvalue weighted by molar-refractivity contribution is 6.09. The van der Waals surface area contributed by atoms with E-state index in [2.05, 4.69) is 163 Å². The summed E-state index contributed by atoms with van der Waals surface area (Å²) in [6.45, 7) is 0. The summed E-state index contributed by atoms with van der Waals surface area (Å²) in [4.78, 5) is 2.32. The molecule has 0 atom stereocenters. The summed E-state index contributed by atoms with van der Waals surface area (Å²) in [7, 11) is 0. The van der Waals surface area contributed by atoms with E-state index in [4.69, 9.17) is 5.79 Å². The Labute approximate surface area is 303 Å². The molecule has 0 saturated carbocycles. The van der Waals surface area contributed by atoms with Crippen molar-refractivity contribution in [3.8, 4) is 33.4 Å². The highest BCUT2D eigenvalue weighted by atomic mass is 16.3. The van der Waals surface area contributed by atoms with E-state index in [0.717, 1.165) is 83.2 Å². The van der Waals surface area contributed by atoms with Crippen molar-refractivity contribution in [2.24, 2.45) is 0 Å². The van der Waals surface area contributed by atoms with Gasteiger partial charge in [-0.25, -0.2) is 0 Å². The maximum absolute atomic E-state index is 8.54. The second-order valence-electron chi connectivity index (χ2n) is 13.3. The second kappa shape index (κ2) is 12.5. The number of furan rings is 1. The molecule has 1 aromatic heterocycles. The Morgan fingerprint density at radius 3 is 1.63 bits per heavy atom. The molecule has 0 radical (unpaired) electrons. The minimum absolute atomic E-state index is 0.548. The first-order valence-corrected chi connectivity index (χ1v) is 17.7. The van der Waals surface area contributed by atoms with Crippen LogP contribution < -0.4 is 4.90 Å². The molecule has 2 nitrogen and oxygen atoms in total. The molecule has 0 N–H and O–H groups in total. The van der Waals surface area contributed by atoms with Crippen molar-refractivity contribution in [1.82, 2.24) is 0 Å². The van der Waals surface area contributed by atoms with Crippen molar-refractivity contribution in [2.45, 2.75) is 0 Å². The quantitative estimate of drug-likeness (QED) is 0.176. The van der Waals surface area contributed by atoms with Crippen LogP contribution in [0.3, 0.4) is 0 Å². The fourth-order valence-electron chi connectivity index (χ4n) is 7.47. The lowest BCUT2D eigenvalue weighted by Crippen LogP contribution is -2.09. The van der Waals surface area contributed by atoms with E-state index in [-0.39, 0.29) is 0 Å². The van der Waals surface area contributed by atoms with Crippen LogP contribution in [0.1, 0.15) is 1.37 Å². The van der Waals surface area contributed by atoms with Gasteiger partial charge in [-0.1, -0.05) is 152 Å². The molecule has 52 heavy (non-hydrogen) atoms. The number of para-hydroxylation sites is 2. The number of benzene rings is 9. The molecule has 0 aliphatic heterocycles. The number of nitrogens with zero attached hydrogens (tertiary/aromatic N) is 1. The Morgan fingerprint density at radius 1 is 0.365 bits per heavy atom. The summed E-state index contributed by atoms with van der Waals surface area (Å²) < 4.78 is 14.9. The van der Waals surface area contributed by atoms with Crippen LogP contribution in [-0.4, -0.2) is 0 Å². The maximum atomic E-state index is 8.54. The van der Waals surface area contributed by atoms with Crippen LogP contribution in [0.4, 0.5) is 17.1 Å². The van der Waals surface area contributed by atoms with Gasteiger partial charge in [0.25, 0.3) is 0 Å². The molecule has 10 aromatic rings. The first-order valence-electron chi connectivity index (χ1n) is 18.2. The first kappa shape index (κ1) is 28.9. The SMILES string of the molecule is [2H]c1cc(-c2ccc(-c3ccc(N(c4ccc(-c5cccc6c5oc5ccccc56)cc4)c4ccc5ccccc5c4)cc3)cc2)cc2ccccc12. The van der Waals surface area contributed by atoms with Gasteiger partial charge >= 0.3 is 0 Å². The molecular formula is C50H33NO. The molecule has 9 aromatic carbocycles. The molecule has 0 fully saturated rings. The van der Waals surface area contributed by atoms with E-state index in [1.807, 2.05) is 36.4 Å². The predicted octanol–water partition coefficient (Wildman–Crippen LogP) is 14.4. The van der Waals surface area contributed by atoms with Gasteiger partial charge in [-0.3, -0.25) is 0 Å². The average Bonchev–Trinajstić information content (AvgIpc) is 3.61. The van der Waals surface area contributed by atoms with Gasteiger partial charge in [0.2, 0.25) is 0 Å². The Bertz CT molecular complexity index is 2940. The van der Waals surface area contributed by atoms with Crippen LogP contribution in [0.5, 0.6) is 0 Å². The van der Waals surface area contributed by atoms with Crippen LogP contribution in [0.25, 0.3) is 76.9 Å². The molecule has 0 spiro atoms. The summed E-state index contributed by atoms with van der Waals surface area (Å²) in [5.74, 6) is 0. The monoisotopic (exact) mass is 664 g/mol. The van der Waals surface area contributed by atoms with Gasteiger partial charge in [0.1, 0.15) is 11.2 Å². The van der Waals surface area contributed by atoms with Crippen molar-refractivity contribution in [3.63, 3.8) is 0 Å². The van der Waals surface area contributed by atoms with E-state index < -0.39 is 0 Å². The normalized spacial score (nSPS) is 11.7. The van der Waals surface area contributed by atoms with E-state index >= 15 is 0 Å². The van der Waals surface area contributed by atoms with Crippen molar-refractivity contribution >= 4 is 60.5 Å². The number of hydrogen-bond donors (Lipinski definition) is 0. The zero-order valence-corrected chi connectivity index (χ0v) is 28.3. The van der Waals surface area contributed by atoms with Crippen LogP contribution in [0, 0.1) is 0 Å². The van der Waals surface area contributed by atoms with Crippen LogP contribution >= 0.6 is 0 Å². The predicted molar refractivity (Wildman–Crippen MR) is 220 cm³/mol. The minimum Gasteiger partial charge on any atom is -0.455 e. The summed E-state index contributed by atoms with van der Waals surface area (Å²) >= 11 is 0. The Hall–Kier alpha value is -6.90. The first-order chi connectivity index (χ1) is 26.2. The fourth-order valence-corrected chi connectivity index (χ4v) is 7.47. The zero-order chi connectivity index (χ0) is 35.3. The molecule has 0 saturated heterocycles. The Balaban J connectivity index is 1.00. The highest BCUT2D eigenvalue weighted by Gasteiger charge is 2.16. The van der Waals surface area contributed by atoms with Crippen molar-refractivity contribution in [3.05, 3.63) is 200 Å². The number of rotatable bonds is 6. The summed E-state index contributed by atoms with van der Waals surface area (Å²) in [6, 6.07) is 68.8. The zero-order valence-electron chi connectivity index (χ0n) is 29.3. The van der Waals surface area contributed by atoms with E-state index in [1.165, 1.54) is 10.8 Å². The largest absolute Gasteiger partial charge is 0.455 e.